The average molecular weight is 315 g/mol. The van der Waals surface area contributed by atoms with Gasteiger partial charge < -0.3 is 4.42 Å². The molecule has 2 nitrogen and oxygen atoms in total. The smallest absolute Gasteiger partial charge is 0.134 e. The van der Waals surface area contributed by atoms with E-state index >= 15 is 0 Å². The summed E-state index contributed by atoms with van der Waals surface area (Å²) in [5.74, 6) is 2.18. The summed E-state index contributed by atoms with van der Waals surface area (Å²) in [6.45, 7) is 8.08. The quantitative estimate of drug-likeness (QED) is 0.765. The van der Waals surface area contributed by atoms with Crippen molar-refractivity contribution >= 4 is 11.8 Å². The lowest BCUT2D eigenvalue weighted by atomic mass is 9.97. The van der Waals surface area contributed by atoms with Crippen LogP contribution in [0, 0.1) is 0 Å². The summed E-state index contributed by atoms with van der Waals surface area (Å²) in [5.41, 5.74) is 2.72. The highest BCUT2D eigenvalue weighted by molar-refractivity contribution is 7.99. The van der Waals surface area contributed by atoms with Crippen LogP contribution in [-0.2, 0) is 6.42 Å². The van der Waals surface area contributed by atoms with Crippen LogP contribution in [0.25, 0.3) is 11.3 Å². The van der Waals surface area contributed by atoms with Crippen LogP contribution in [-0.4, -0.2) is 29.3 Å². The maximum absolute atomic E-state index is 5.65. The van der Waals surface area contributed by atoms with Gasteiger partial charge in [0, 0.05) is 28.3 Å². The van der Waals surface area contributed by atoms with E-state index in [-0.39, 0.29) is 0 Å². The van der Waals surface area contributed by atoms with Crippen LogP contribution in [0.15, 0.2) is 45.9 Å². The van der Waals surface area contributed by atoms with Crippen molar-refractivity contribution in [3.63, 3.8) is 0 Å². The number of benzene rings is 1. The van der Waals surface area contributed by atoms with Gasteiger partial charge in [-0.2, -0.15) is 0 Å². The fourth-order valence-electron chi connectivity index (χ4n) is 3.39. The van der Waals surface area contributed by atoms with Crippen LogP contribution in [0.1, 0.15) is 32.8 Å². The van der Waals surface area contributed by atoms with Gasteiger partial charge in [-0.05, 0) is 57.0 Å². The molecule has 0 amide bonds. The van der Waals surface area contributed by atoms with E-state index in [4.69, 9.17) is 4.42 Å². The minimum atomic E-state index is 0.600. The Morgan fingerprint density at radius 2 is 2.14 bits per heavy atom. The Morgan fingerprint density at radius 1 is 1.27 bits per heavy atom. The molecule has 2 heterocycles. The van der Waals surface area contributed by atoms with Gasteiger partial charge in [-0.15, -0.1) is 11.8 Å². The van der Waals surface area contributed by atoms with Crippen molar-refractivity contribution in [1.29, 1.82) is 0 Å². The molecule has 1 atom stereocenters. The molecule has 3 heteroatoms. The van der Waals surface area contributed by atoms with Crippen LogP contribution >= 0.6 is 11.8 Å². The lowest BCUT2D eigenvalue weighted by Gasteiger charge is -2.38. The van der Waals surface area contributed by atoms with Gasteiger partial charge in [-0.25, -0.2) is 0 Å². The summed E-state index contributed by atoms with van der Waals surface area (Å²) >= 11 is 2.00. The normalized spacial score (nSPS) is 18.0. The second-order valence-electron chi connectivity index (χ2n) is 6.26. The predicted octanol–water partition coefficient (Wildman–Crippen LogP) is 5.08. The van der Waals surface area contributed by atoms with Crippen molar-refractivity contribution in [2.45, 2.75) is 50.6 Å². The van der Waals surface area contributed by atoms with Crippen LogP contribution < -0.4 is 0 Å². The van der Waals surface area contributed by atoms with E-state index in [0.29, 0.717) is 12.1 Å². The molecule has 0 saturated heterocycles. The number of fused-ring (bicyclic) bond motifs is 1. The number of hydrogen-bond donors (Lipinski definition) is 0. The first-order valence-corrected chi connectivity index (χ1v) is 9.23. The van der Waals surface area contributed by atoms with Gasteiger partial charge in [-0.1, -0.05) is 19.1 Å². The van der Waals surface area contributed by atoms with Gasteiger partial charge in [-0.3, -0.25) is 4.90 Å². The second kappa shape index (κ2) is 6.93. The van der Waals surface area contributed by atoms with Gasteiger partial charge in [0.2, 0.25) is 0 Å². The molecule has 2 aromatic rings. The molecule has 1 unspecified atom stereocenters. The van der Waals surface area contributed by atoms with Crippen molar-refractivity contribution < 1.29 is 4.42 Å². The Morgan fingerprint density at radius 3 is 2.82 bits per heavy atom. The topological polar surface area (TPSA) is 16.4 Å². The van der Waals surface area contributed by atoms with Crippen LogP contribution in [0.3, 0.4) is 0 Å². The van der Waals surface area contributed by atoms with E-state index in [2.05, 4.69) is 49.9 Å². The molecule has 0 aliphatic carbocycles. The third-order valence-electron chi connectivity index (χ3n) is 4.40. The minimum Gasteiger partial charge on any atom is -0.464 e. The fraction of sp³-hybridized carbons (Fsp3) is 0.474. The average Bonchev–Trinajstić information content (AvgIpc) is 3.05. The molecule has 1 aromatic heterocycles. The van der Waals surface area contributed by atoms with Crippen LogP contribution in [0.4, 0.5) is 0 Å². The maximum atomic E-state index is 5.65. The molecule has 0 spiro atoms. The van der Waals surface area contributed by atoms with Gasteiger partial charge in [0.25, 0.3) is 0 Å². The van der Waals surface area contributed by atoms with E-state index in [1.807, 2.05) is 17.8 Å². The highest BCUT2D eigenvalue weighted by Crippen LogP contribution is 2.38. The summed E-state index contributed by atoms with van der Waals surface area (Å²) in [5, 5.41) is 0. The summed E-state index contributed by atoms with van der Waals surface area (Å²) in [4.78, 5) is 4.08. The molecule has 1 aliphatic rings. The van der Waals surface area contributed by atoms with Gasteiger partial charge in [0.15, 0.2) is 0 Å². The number of furan rings is 1. The van der Waals surface area contributed by atoms with Crippen molar-refractivity contribution in [3.05, 3.63) is 42.2 Å². The SMILES string of the molecule is CCCN(C(C)C)C1CSc2cccc(-c3ccco3)c2C1. The highest BCUT2D eigenvalue weighted by atomic mass is 32.2. The van der Waals surface area contributed by atoms with Crippen LogP contribution in [0.2, 0.25) is 0 Å². The van der Waals surface area contributed by atoms with Crippen molar-refractivity contribution in [2.24, 2.45) is 0 Å². The number of thioether (sulfide) groups is 1. The number of nitrogens with zero attached hydrogens (tertiary/aromatic N) is 1. The molecule has 0 N–H and O–H groups in total. The van der Waals surface area contributed by atoms with E-state index in [9.17, 15) is 0 Å². The minimum absolute atomic E-state index is 0.600. The second-order valence-corrected chi connectivity index (χ2v) is 7.32. The lowest BCUT2D eigenvalue weighted by molar-refractivity contribution is 0.164. The number of hydrogen-bond acceptors (Lipinski definition) is 3. The summed E-state index contributed by atoms with van der Waals surface area (Å²) < 4.78 is 5.65. The van der Waals surface area contributed by atoms with E-state index in [0.717, 1.165) is 12.2 Å². The molecular formula is C19H25NOS. The van der Waals surface area contributed by atoms with Crippen LogP contribution in [0.5, 0.6) is 0 Å². The highest BCUT2D eigenvalue weighted by Gasteiger charge is 2.28. The standard InChI is InChI=1S/C19H25NOS/c1-4-10-20(14(2)3)15-12-17-16(18-8-6-11-21-18)7-5-9-19(17)22-13-15/h5-9,11,14-15H,4,10,12-13H2,1-3H3. The molecule has 118 valence electrons. The molecule has 22 heavy (non-hydrogen) atoms. The molecule has 0 bridgehead atoms. The third-order valence-corrected chi connectivity index (χ3v) is 5.65. The molecular weight excluding hydrogens is 290 g/mol. The first-order chi connectivity index (χ1) is 10.7. The molecule has 1 aromatic carbocycles. The first-order valence-electron chi connectivity index (χ1n) is 8.25. The van der Waals surface area contributed by atoms with Crippen molar-refractivity contribution in [2.75, 3.05) is 12.3 Å². The van der Waals surface area contributed by atoms with Gasteiger partial charge >= 0.3 is 0 Å². The van der Waals surface area contributed by atoms with Gasteiger partial charge in [0.05, 0.1) is 6.26 Å². The van der Waals surface area contributed by atoms with Gasteiger partial charge in [0.1, 0.15) is 5.76 Å². The molecule has 0 radical (unpaired) electrons. The Labute approximate surface area is 137 Å². The Hall–Kier alpha value is -1.19. The van der Waals surface area contributed by atoms with Crippen molar-refractivity contribution in [3.8, 4) is 11.3 Å². The molecule has 0 saturated carbocycles. The maximum Gasteiger partial charge on any atom is 0.134 e. The largest absolute Gasteiger partial charge is 0.464 e. The monoisotopic (exact) mass is 315 g/mol. The van der Waals surface area contributed by atoms with E-state index in [1.54, 1.807) is 6.26 Å². The number of rotatable bonds is 5. The van der Waals surface area contributed by atoms with E-state index < -0.39 is 0 Å². The first kappa shape index (κ1) is 15.7. The molecule has 0 fully saturated rings. The Balaban J connectivity index is 1.91. The van der Waals surface area contributed by atoms with E-state index in [1.165, 1.54) is 34.7 Å². The zero-order valence-corrected chi connectivity index (χ0v) is 14.5. The summed E-state index contributed by atoms with van der Waals surface area (Å²) in [6.07, 6.45) is 4.10. The van der Waals surface area contributed by atoms with Crippen molar-refractivity contribution in [1.82, 2.24) is 4.90 Å². The summed E-state index contributed by atoms with van der Waals surface area (Å²) in [7, 11) is 0. The zero-order valence-electron chi connectivity index (χ0n) is 13.7. The Bertz CT molecular complexity index is 606. The third kappa shape index (κ3) is 3.11. The fourth-order valence-corrected chi connectivity index (χ4v) is 4.61. The molecule has 3 rings (SSSR count). The lowest BCUT2D eigenvalue weighted by Crippen LogP contribution is -2.44. The summed E-state index contributed by atoms with van der Waals surface area (Å²) in [6, 6.07) is 11.9. The molecule has 1 aliphatic heterocycles. The zero-order chi connectivity index (χ0) is 15.5. The Kier molecular flexibility index (Phi) is 4.94. The predicted molar refractivity (Wildman–Crippen MR) is 94.5 cm³/mol.